The summed E-state index contributed by atoms with van der Waals surface area (Å²) in [5, 5.41) is 4.48. The van der Waals surface area contributed by atoms with Crippen molar-refractivity contribution in [3.05, 3.63) is 34.5 Å². The zero-order valence-electron chi connectivity index (χ0n) is 19.8. The van der Waals surface area contributed by atoms with E-state index in [9.17, 15) is 4.79 Å². The van der Waals surface area contributed by atoms with Crippen LogP contribution < -0.4 is 5.32 Å². The summed E-state index contributed by atoms with van der Waals surface area (Å²) in [4.78, 5) is 16.0. The van der Waals surface area contributed by atoms with Gasteiger partial charge in [-0.3, -0.25) is 4.79 Å². The van der Waals surface area contributed by atoms with Crippen LogP contribution in [0.15, 0.2) is 12.1 Å². The van der Waals surface area contributed by atoms with Crippen molar-refractivity contribution in [3.8, 4) is 0 Å². The molecule has 0 amide bonds. The molecule has 1 heterocycles. The Bertz CT molecular complexity index is 867. The summed E-state index contributed by atoms with van der Waals surface area (Å²) in [6.07, 6.45) is 0.704. The van der Waals surface area contributed by atoms with E-state index in [1.54, 1.807) is 6.92 Å². The molecule has 156 valence electrons. The van der Waals surface area contributed by atoms with E-state index >= 15 is 0 Å². The number of hydrogen-bond donors (Lipinski definition) is 2. The smallest absolute Gasteiger partial charge is 0.147 e. The number of aromatic amines is 1. The summed E-state index contributed by atoms with van der Waals surface area (Å²) in [5.41, 5.74) is 6.48. The van der Waals surface area contributed by atoms with Crippen molar-refractivity contribution in [1.29, 1.82) is 0 Å². The monoisotopic (exact) mass is 384 g/mol. The van der Waals surface area contributed by atoms with Gasteiger partial charge in [-0.2, -0.15) is 0 Å². The molecule has 3 heteroatoms. The minimum atomic E-state index is -0.170. The summed E-state index contributed by atoms with van der Waals surface area (Å²) in [6, 6.07) is 4.55. The van der Waals surface area contributed by atoms with Gasteiger partial charge >= 0.3 is 0 Å². The van der Waals surface area contributed by atoms with Crippen LogP contribution in [-0.2, 0) is 27.5 Å². The molecule has 0 aliphatic rings. The van der Waals surface area contributed by atoms with E-state index in [0.29, 0.717) is 6.42 Å². The lowest BCUT2D eigenvalue weighted by molar-refractivity contribution is -0.118. The molecule has 2 rings (SSSR count). The number of hydrogen-bond acceptors (Lipinski definition) is 2. The van der Waals surface area contributed by atoms with Crippen LogP contribution in [0.25, 0.3) is 10.9 Å². The third kappa shape index (κ3) is 4.51. The number of fused-ring (bicyclic) bond motifs is 1. The fourth-order valence-corrected chi connectivity index (χ4v) is 3.88. The molecule has 0 spiro atoms. The lowest BCUT2D eigenvalue weighted by atomic mass is 9.78. The predicted octanol–water partition coefficient (Wildman–Crippen LogP) is 5.78. The minimum absolute atomic E-state index is 0.0273. The molecule has 0 saturated carbocycles. The Kier molecular flexibility index (Phi) is 5.94. The van der Waals surface area contributed by atoms with Gasteiger partial charge in [0.1, 0.15) is 5.78 Å². The van der Waals surface area contributed by atoms with Gasteiger partial charge in [-0.15, -0.1) is 0 Å². The third-order valence-electron chi connectivity index (χ3n) is 5.69. The van der Waals surface area contributed by atoms with Crippen molar-refractivity contribution in [2.45, 2.75) is 97.9 Å². The number of carbonyl (C=O) groups is 1. The molecule has 28 heavy (non-hydrogen) atoms. The summed E-state index contributed by atoms with van der Waals surface area (Å²) in [6.45, 7) is 22.0. The maximum Gasteiger partial charge on any atom is 0.147 e. The predicted molar refractivity (Wildman–Crippen MR) is 122 cm³/mol. The van der Waals surface area contributed by atoms with E-state index in [0.717, 1.165) is 0 Å². The largest absolute Gasteiger partial charge is 0.357 e. The fourth-order valence-electron chi connectivity index (χ4n) is 3.88. The number of benzene rings is 1. The first-order valence-electron chi connectivity index (χ1n) is 10.4. The highest BCUT2D eigenvalue weighted by atomic mass is 16.1. The van der Waals surface area contributed by atoms with Gasteiger partial charge in [0.2, 0.25) is 0 Å². The number of rotatable bonds is 4. The van der Waals surface area contributed by atoms with E-state index in [1.807, 2.05) is 7.05 Å². The molecule has 2 aromatic rings. The van der Waals surface area contributed by atoms with E-state index < -0.39 is 0 Å². The fraction of sp³-hybridized carbons (Fsp3) is 0.640. The zero-order chi connectivity index (χ0) is 21.7. The molecule has 0 bridgehead atoms. The summed E-state index contributed by atoms with van der Waals surface area (Å²) in [5.74, 6) is 0.180. The van der Waals surface area contributed by atoms with Crippen molar-refractivity contribution in [2.75, 3.05) is 7.05 Å². The summed E-state index contributed by atoms with van der Waals surface area (Å²) in [7, 11) is 1.87. The topological polar surface area (TPSA) is 44.9 Å². The number of aromatic nitrogens is 1. The van der Waals surface area contributed by atoms with Gasteiger partial charge in [-0.1, -0.05) is 68.4 Å². The highest BCUT2D eigenvalue weighted by molar-refractivity contribution is 5.91. The highest BCUT2D eigenvalue weighted by Gasteiger charge is 2.30. The van der Waals surface area contributed by atoms with Crippen molar-refractivity contribution >= 4 is 16.7 Å². The van der Waals surface area contributed by atoms with E-state index in [2.05, 4.69) is 84.7 Å². The lowest BCUT2D eigenvalue weighted by Crippen LogP contribution is -2.35. The third-order valence-corrected chi connectivity index (χ3v) is 5.69. The van der Waals surface area contributed by atoms with Gasteiger partial charge in [-0.25, -0.2) is 0 Å². The van der Waals surface area contributed by atoms with Gasteiger partial charge in [0.25, 0.3) is 0 Å². The Morgan fingerprint density at radius 1 is 0.964 bits per heavy atom. The van der Waals surface area contributed by atoms with Crippen molar-refractivity contribution in [3.63, 3.8) is 0 Å². The van der Waals surface area contributed by atoms with Crippen molar-refractivity contribution in [1.82, 2.24) is 10.3 Å². The first kappa shape index (κ1) is 22.7. The normalized spacial score (nSPS) is 14.5. The number of ketones is 1. The molecule has 1 atom stereocenters. The van der Waals surface area contributed by atoms with E-state index in [-0.39, 0.29) is 28.1 Å². The van der Waals surface area contributed by atoms with Crippen LogP contribution in [0.3, 0.4) is 0 Å². The van der Waals surface area contributed by atoms with Gasteiger partial charge in [0.15, 0.2) is 0 Å². The Morgan fingerprint density at radius 3 is 1.93 bits per heavy atom. The van der Waals surface area contributed by atoms with Crippen LogP contribution in [0.2, 0.25) is 0 Å². The van der Waals surface area contributed by atoms with E-state index in [1.165, 1.54) is 33.3 Å². The SMILES string of the molecule is CNC(Cc1c(C(C)(C)C)[nH]c2c(C(C)(C)C)cc(C(C)(C)C)cc12)C(C)=O. The molecule has 0 aliphatic heterocycles. The molecular weight excluding hydrogens is 344 g/mol. The number of nitrogens with one attached hydrogen (secondary N) is 2. The van der Waals surface area contributed by atoms with Crippen LogP contribution in [0.1, 0.15) is 91.6 Å². The quantitative estimate of drug-likeness (QED) is 0.702. The van der Waals surface area contributed by atoms with E-state index in [4.69, 9.17) is 0 Å². The molecule has 1 aromatic carbocycles. The molecular formula is C25H40N2O. The van der Waals surface area contributed by atoms with Crippen LogP contribution in [0.4, 0.5) is 0 Å². The highest BCUT2D eigenvalue weighted by Crippen LogP contribution is 2.40. The average molecular weight is 385 g/mol. The van der Waals surface area contributed by atoms with Gasteiger partial charge in [0.05, 0.1) is 6.04 Å². The Balaban J connectivity index is 2.93. The summed E-state index contributed by atoms with van der Waals surface area (Å²) >= 11 is 0. The van der Waals surface area contributed by atoms with Crippen LogP contribution in [-0.4, -0.2) is 23.9 Å². The second-order valence-electron chi connectivity index (χ2n) is 11.3. The maximum absolute atomic E-state index is 12.2. The molecule has 1 unspecified atom stereocenters. The number of carbonyl (C=O) groups excluding carboxylic acids is 1. The second-order valence-corrected chi connectivity index (χ2v) is 11.3. The van der Waals surface area contributed by atoms with Crippen molar-refractivity contribution < 1.29 is 4.79 Å². The number of likely N-dealkylation sites (N-methyl/N-ethyl adjacent to an activating group) is 1. The second kappa shape index (κ2) is 7.33. The maximum atomic E-state index is 12.2. The molecule has 0 aliphatic carbocycles. The molecule has 0 radical (unpaired) electrons. The Labute approximate surface area is 171 Å². The average Bonchev–Trinajstić information content (AvgIpc) is 2.88. The first-order valence-corrected chi connectivity index (χ1v) is 10.4. The molecule has 1 aromatic heterocycles. The van der Waals surface area contributed by atoms with Gasteiger partial charge in [-0.05, 0) is 54.0 Å². The molecule has 0 saturated heterocycles. The Hall–Kier alpha value is -1.61. The number of Topliss-reactive ketones (excluding diaryl/α,β-unsaturated/α-hetero) is 1. The first-order chi connectivity index (χ1) is 12.6. The van der Waals surface area contributed by atoms with Gasteiger partial charge in [0, 0.05) is 22.0 Å². The minimum Gasteiger partial charge on any atom is -0.357 e. The van der Waals surface area contributed by atoms with Crippen LogP contribution >= 0.6 is 0 Å². The molecule has 2 N–H and O–H groups in total. The zero-order valence-corrected chi connectivity index (χ0v) is 19.8. The number of H-pyrrole nitrogens is 1. The van der Waals surface area contributed by atoms with Gasteiger partial charge < -0.3 is 10.3 Å². The standard InChI is InChI=1S/C25H40N2O/c1-15(28)20(26-11)14-18-17-12-16(23(2,3)4)13-19(24(5,6)7)21(17)27-22(18)25(8,9)10/h12-13,20,26-27H,14H2,1-11H3. The lowest BCUT2D eigenvalue weighted by Gasteiger charge is -2.26. The summed E-state index contributed by atoms with van der Waals surface area (Å²) < 4.78 is 0. The Morgan fingerprint density at radius 2 is 1.54 bits per heavy atom. The van der Waals surface area contributed by atoms with Crippen LogP contribution in [0.5, 0.6) is 0 Å². The molecule has 0 fully saturated rings. The van der Waals surface area contributed by atoms with Crippen LogP contribution in [0, 0.1) is 0 Å². The molecule has 3 nitrogen and oxygen atoms in total. The van der Waals surface area contributed by atoms with Crippen molar-refractivity contribution in [2.24, 2.45) is 0 Å².